The van der Waals surface area contributed by atoms with Gasteiger partial charge in [-0.2, -0.15) is 0 Å². The van der Waals surface area contributed by atoms with Gasteiger partial charge in [-0.15, -0.1) is 0 Å². The van der Waals surface area contributed by atoms with Gasteiger partial charge in [-0.3, -0.25) is 0 Å². The van der Waals surface area contributed by atoms with Crippen LogP contribution in [0.2, 0.25) is 0 Å². The molecule has 0 aromatic rings. The van der Waals surface area contributed by atoms with Crippen LogP contribution in [0.3, 0.4) is 0 Å². The van der Waals surface area contributed by atoms with Crippen LogP contribution in [0.4, 0.5) is 0 Å². The quantitative estimate of drug-likeness (QED) is 0.678. The summed E-state index contributed by atoms with van der Waals surface area (Å²) in [4.78, 5) is 0. The fourth-order valence-corrected chi connectivity index (χ4v) is 4.60. The number of fused-ring (bicyclic) bond motifs is 1. The molecule has 0 radical (unpaired) electrons. The third-order valence-electron chi connectivity index (χ3n) is 5.97. The predicted molar refractivity (Wildman–Crippen MR) is 91.1 cm³/mol. The molecule has 1 fully saturated rings. The zero-order valence-corrected chi connectivity index (χ0v) is 14.7. The first-order valence-corrected chi connectivity index (χ1v) is 8.84. The lowest BCUT2D eigenvalue weighted by Gasteiger charge is -2.50. The van der Waals surface area contributed by atoms with E-state index in [9.17, 15) is 5.11 Å². The van der Waals surface area contributed by atoms with Crippen LogP contribution in [-0.4, -0.2) is 10.7 Å². The molecule has 5 atom stereocenters. The van der Waals surface area contributed by atoms with Crippen LogP contribution in [0.1, 0.15) is 73.1 Å². The van der Waals surface area contributed by atoms with Crippen LogP contribution in [0.5, 0.6) is 0 Å². The average Bonchev–Trinajstić information content (AvgIpc) is 2.37. The Morgan fingerprint density at radius 3 is 2.81 bits per heavy atom. The van der Waals surface area contributed by atoms with Crippen LogP contribution in [0.25, 0.3) is 0 Å². The molecule has 1 heteroatoms. The fraction of sp³-hybridized carbons (Fsp3) is 0.800. The van der Waals surface area contributed by atoms with E-state index in [1.54, 1.807) is 0 Å². The van der Waals surface area contributed by atoms with E-state index >= 15 is 0 Å². The first-order valence-electron chi connectivity index (χ1n) is 8.84. The Bertz CT molecular complexity index is 412. The van der Waals surface area contributed by atoms with Gasteiger partial charge in [0.25, 0.3) is 0 Å². The van der Waals surface area contributed by atoms with E-state index in [1.807, 2.05) is 0 Å². The molecular formula is C20H34O. The number of allylic oxidation sites excluding steroid dienone is 4. The minimum atomic E-state index is -0.446. The molecule has 0 saturated heterocycles. The van der Waals surface area contributed by atoms with E-state index in [4.69, 9.17) is 0 Å². The number of rotatable bonds is 4. The largest absolute Gasteiger partial charge is 0.390 e. The number of hydrogen-bond acceptors (Lipinski definition) is 1. The van der Waals surface area contributed by atoms with Gasteiger partial charge in [0.05, 0.1) is 5.60 Å². The molecule has 0 spiro atoms. The Labute approximate surface area is 131 Å². The average molecular weight is 290 g/mol. The van der Waals surface area contributed by atoms with E-state index in [2.05, 4.69) is 46.8 Å². The first-order chi connectivity index (χ1) is 9.81. The van der Waals surface area contributed by atoms with Gasteiger partial charge < -0.3 is 5.11 Å². The van der Waals surface area contributed by atoms with E-state index in [0.29, 0.717) is 11.8 Å². The minimum absolute atomic E-state index is 0.446. The second-order valence-electron chi connectivity index (χ2n) is 8.13. The fourth-order valence-electron chi connectivity index (χ4n) is 4.60. The summed E-state index contributed by atoms with van der Waals surface area (Å²) in [6.07, 6.45) is 11.9. The maximum atomic E-state index is 10.8. The highest BCUT2D eigenvalue weighted by Gasteiger charge is 2.46. The number of aliphatic hydroxyl groups is 1. The van der Waals surface area contributed by atoms with Crippen LogP contribution < -0.4 is 0 Å². The summed E-state index contributed by atoms with van der Waals surface area (Å²) in [6, 6.07) is 0. The van der Waals surface area contributed by atoms with Crippen LogP contribution in [0, 0.1) is 23.7 Å². The molecule has 0 aliphatic heterocycles. The molecule has 120 valence electrons. The number of hydrogen-bond donors (Lipinski definition) is 1. The van der Waals surface area contributed by atoms with Crippen molar-refractivity contribution >= 4 is 0 Å². The normalized spacial score (nSPS) is 37.4. The molecule has 0 bridgehead atoms. The highest BCUT2D eigenvalue weighted by molar-refractivity contribution is 5.13. The zero-order chi connectivity index (χ0) is 15.6. The van der Waals surface area contributed by atoms with Crippen molar-refractivity contribution in [1.29, 1.82) is 0 Å². The highest BCUT2D eigenvalue weighted by Crippen LogP contribution is 2.50. The lowest BCUT2D eigenvalue weighted by Crippen LogP contribution is -2.48. The van der Waals surface area contributed by atoms with Crippen molar-refractivity contribution < 1.29 is 5.11 Å². The van der Waals surface area contributed by atoms with Crippen LogP contribution >= 0.6 is 0 Å². The third-order valence-corrected chi connectivity index (χ3v) is 5.97. The van der Waals surface area contributed by atoms with Crippen molar-refractivity contribution in [1.82, 2.24) is 0 Å². The molecule has 1 nitrogen and oxygen atoms in total. The van der Waals surface area contributed by atoms with Gasteiger partial charge in [0, 0.05) is 0 Å². The molecule has 0 unspecified atom stereocenters. The maximum absolute atomic E-state index is 10.8. The summed E-state index contributed by atoms with van der Waals surface area (Å²) >= 11 is 0. The van der Waals surface area contributed by atoms with Gasteiger partial charge in [-0.05, 0) is 89.9 Å². The molecule has 0 aromatic heterocycles. The molecule has 2 aliphatic carbocycles. The minimum Gasteiger partial charge on any atom is -0.390 e. The smallest absolute Gasteiger partial charge is 0.0653 e. The second-order valence-corrected chi connectivity index (χ2v) is 8.13. The van der Waals surface area contributed by atoms with E-state index in [0.717, 1.165) is 18.3 Å². The summed E-state index contributed by atoms with van der Waals surface area (Å²) in [5.74, 6) is 2.59. The Morgan fingerprint density at radius 2 is 2.14 bits per heavy atom. The van der Waals surface area contributed by atoms with Crippen LogP contribution in [-0.2, 0) is 0 Å². The highest BCUT2D eigenvalue weighted by atomic mass is 16.3. The monoisotopic (exact) mass is 290 g/mol. The van der Waals surface area contributed by atoms with Gasteiger partial charge in [0.15, 0.2) is 0 Å². The summed E-state index contributed by atoms with van der Waals surface area (Å²) in [7, 11) is 0. The van der Waals surface area contributed by atoms with E-state index < -0.39 is 5.60 Å². The zero-order valence-electron chi connectivity index (χ0n) is 14.7. The lowest BCUT2D eigenvalue weighted by molar-refractivity contribution is -0.0823. The molecule has 1 N–H and O–H groups in total. The standard InChI is InChI=1S/C20H34O/c1-14(2)7-6-8-16(4)17-11-12-20(5,21)19-10-9-15(3)13-18(17)19/h7,13,16-19,21H,6,8-12H2,1-5H3/t16-,17+,18-,19-,20-/m1/s1. The van der Waals surface area contributed by atoms with Gasteiger partial charge in [0.2, 0.25) is 0 Å². The van der Waals surface area contributed by atoms with Crippen LogP contribution in [0.15, 0.2) is 23.3 Å². The Morgan fingerprint density at radius 1 is 1.43 bits per heavy atom. The molecule has 0 heterocycles. The van der Waals surface area contributed by atoms with Gasteiger partial charge >= 0.3 is 0 Å². The topological polar surface area (TPSA) is 20.2 Å². The summed E-state index contributed by atoms with van der Waals surface area (Å²) < 4.78 is 0. The van der Waals surface area contributed by atoms with Gasteiger partial charge in [0.1, 0.15) is 0 Å². The van der Waals surface area contributed by atoms with Crippen molar-refractivity contribution in [2.45, 2.75) is 78.7 Å². The molecule has 2 rings (SSSR count). The SMILES string of the molecule is CC(C)=CCC[C@@H](C)[C@@H]1CC[C@@](C)(O)[C@@H]2CCC(C)=C[C@H]12. The first kappa shape index (κ1) is 16.8. The van der Waals surface area contributed by atoms with Gasteiger partial charge in [-0.1, -0.05) is 30.2 Å². The molecule has 0 amide bonds. The Balaban J connectivity index is 2.08. The van der Waals surface area contributed by atoms with Gasteiger partial charge in [-0.25, -0.2) is 0 Å². The van der Waals surface area contributed by atoms with Crippen molar-refractivity contribution in [2.75, 3.05) is 0 Å². The maximum Gasteiger partial charge on any atom is 0.0653 e. The Kier molecular flexibility index (Phi) is 5.35. The van der Waals surface area contributed by atoms with Crippen molar-refractivity contribution in [3.63, 3.8) is 0 Å². The summed E-state index contributed by atoms with van der Waals surface area (Å²) in [5, 5.41) is 10.8. The van der Waals surface area contributed by atoms with Crippen molar-refractivity contribution in [2.24, 2.45) is 23.7 Å². The van der Waals surface area contributed by atoms with E-state index in [1.165, 1.54) is 43.3 Å². The second kappa shape index (κ2) is 6.69. The lowest BCUT2D eigenvalue weighted by atomic mass is 9.58. The summed E-state index contributed by atoms with van der Waals surface area (Å²) in [5.41, 5.74) is 2.52. The van der Waals surface area contributed by atoms with Crippen molar-refractivity contribution in [3.05, 3.63) is 23.3 Å². The molecular weight excluding hydrogens is 256 g/mol. The molecule has 21 heavy (non-hydrogen) atoms. The predicted octanol–water partition coefficient (Wildman–Crippen LogP) is 5.50. The van der Waals surface area contributed by atoms with Crippen molar-refractivity contribution in [3.8, 4) is 0 Å². The Hall–Kier alpha value is -0.560. The third kappa shape index (κ3) is 4.00. The molecule has 1 saturated carbocycles. The van der Waals surface area contributed by atoms with E-state index in [-0.39, 0.29) is 0 Å². The molecule has 2 aliphatic rings. The summed E-state index contributed by atoms with van der Waals surface area (Å²) in [6.45, 7) is 11.1. The molecule has 0 aromatic carbocycles.